The molecule has 0 saturated heterocycles. The molecule has 0 fully saturated rings. The van der Waals surface area contributed by atoms with E-state index < -0.39 is 7.05 Å². The maximum atomic E-state index is 12.3. The Kier molecular flexibility index (Phi) is 12.2. The van der Waals surface area contributed by atoms with Crippen LogP contribution in [0.2, 0.25) is 6.82 Å². The van der Waals surface area contributed by atoms with Crippen LogP contribution < -0.4 is 15.4 Å². The SMILES string of the molecule is BC(=O)N[C@H](Cc1ccccc1)[C@@H](CN(Cc1ccc(OCc2ccccc2)cc1)NB(C)O)OCc1ccccc1. The van der Waals surface area contributed by atoms with Crippen molar-refractivity contribution in [3.05, 3.63) is 138 Å². The Morgan fingerprint density at radius 3 is 1.90 bits per heavy atom. The lowest BCUT2D eigenvalue weighted by atomic mass is 9.90. The normalized spacial score (nSPS) is 12.5. The molecule has 2 atom stereocenters. The Morgan fingerprint density at radius 2 is 1.36 bits per heavy atom. The molecule has 0 radical (unpaired) electrons. The van der Waals surface area contributed by atoms with Gasteiger partial charge in [-0.1, -0.05) is 103 Å². The minimum absolute atomic E-state index is 0.120. The van der Waals surface area contributed by atoms with Crippen LogP contribution in [0.5, 0.6) is 5.75 Å². The van der Waals surface area contributed by atoms with Gasteiger partial charge in [-0.3, -0.25) is 10.1 Å². The van der Waals surface area contributed by atoms with Crippen molar-refractivity contribution in [2.45, 2.75) is 45.1 Å². The average molecular weight is 563 g/mol. The molecule has 0 unspecified atom stereocenters. The van der Waals surface area contributed by atoms with Crippen molar-refractivity contribution in [1.82, 2.24) is 15.7 Å². The molecule has 0 saturated carbocycles. The zero-order valence-corrected chi connectivity index (χ0v) is 24.4. The number of carbonyl (C=O) groups is 1. The number of benzene rings is 4. The summed E-state index contributed by atoms with van der Waals surface area (Å²) >= 11 is 0. The third kappa shape index (κ3) is 10.8. The Balaban J connectivity index is 1.49. The molecule has 4 aromatic rings. The van der Waals surface area contributed by atoms with Crippen molar-refractivity contribution in [3.8, 4) is 5.75 Å². The van der Waals surface area contributed by atoms with Crippen molar-refractivity contribution < 1.29 is 19.3 Å². The predicted octanol–water partition coefficient (Wildman–Crippen LogP) is 4.22. The smallest absolute Gasteiger partial charge is 0.388 e. The number of carbonyl (C=O) groups excluding carboxylic acids is 1. The summed E-state index contributed by atoms with van der Waals surface area (Å²) in [7, 11) is 0.751. The number of rotatable bonds is 16. The molecular formula is C33H39B2N3O4. The van der Waals surface area contributed by atoms with Crippen molar-refractivity contribution >= 4 is 20.7 Å². The number of hydrogen-bond acceptors (Lipinski definition) is 6. The first-order valence-corrected chi connectivity index (χ1v) is 14.4. The molecule has 1 amide bonds. The zero-order chi connectivity index (χ0) is 29.6. The van der Waals surface area contributed by atoms with Crippen LogP contribution in [0.1, 0.15) is 22.3 Å². The molecule has 0 spiro atoms. The number of hydrazine groups is 1. The van der Waals surface area contributed by atoms with Gasteiger partial charge in [0.15, 0.2) is 5.81 Å². The average Bonchev–Trinajstić information content (AvgIpc) is 2.99. The van der Waals surface area contributed by atoms with E-state index >= 15 is 0 Å². The summed E-state index contributed by atoms with van der Waals surface area (Å²) < 4.78 is 12.5. The summed E-state index contributed by atoms with van der Waals surface area (Å²) in [5.41, 5.74) is 4.30. The Labute approximate surface area is 250 Å². The second-order valence-electron chi connectivity index (χ2n) is 10.4. The van der Waals surface area contributed by atoms with Crippen molar-refractivity contribution in [2.24, 2.45) is 0 Å². The van der Waals surface area contributed by atoms with Gasteiger partial charge in [0.25, 0.3) is 0 Å². The first kappa shape index (κ1) is 31.1. The summed E-state index contributed by atoms with van der Waals surface area (Å²) in [5, 5.41) is 18.5. The molecule has 0 bridgehead atoms. The fourth-order valence-electron chi connectivity index (χ4n) is 4.77. The summed E-state index contributed by atoms with van der Waals surface area (Å²) in [6.07, 6.45) is 0.226. The van der Waals surface area contributed by atoms with Crippen molar-refractivity contribution in [1.29, 1.82) is 0 Å². The fourth-order valence-corrected chi connectivity index (χ4v) is 4.77. The molecule has 0 aromatic heterocycles. The molecular weight excluding hydrogens is 524 g/mol. The minimum Gasteiger partial charge on any atom is -0.489 e. The molecule has 216 valence electrons. The van der Waals surface area contributed by atoms with E-state index in [1.54, 1.807) is 6.82 Å². The number of amides is 1. The van der Waals surface area contributed by atoms with Gasteiger partial charge in [-0.15, -0.1) is 0 Å². The van der Waals surface area contributed by atoms with Gasteiger partial charge in [-0.05, 0) is 47.6 Å². The third-order valence-electron chi connectivity index (χ3n) is 6.76. The predicted molar refractivity (Wildman–Crippen MR) is 171 cm³/mol. The number of nitrogens with one attached hydrogen (secondary N) is 2. The maximum Gasteiger partial charge on any atom is 0.388 e. The highest BCUT2D eigenvalue weighted by molar-refractivity contribution is 6.57. The van der Waals surface area contributed by atoms with Crippen LogP contribution in [0.25, 0.3) is 0 Å². The lowest BCUT2D eigenvalue weighted by Crippen LogP contribution is -2.55. The summed E-state index contributed by atoms with van der Waals surface area (Å²) in [5.74, 6) is 0.667. The van der Waals surface area contributed by atoms with Crippen molar-refractivity contribution in [3.63, 3.8) is 0 Å². The van der Waals surface area contributed by atoms with Gasteiger partial charge in [0, 0.05) is 13.1 Å². The molecule has 4 rings (SSSR count). The molecule has 42 heavy (non-hydrogen) atoms. The summed E-state index contributed by atoms with van der Waals surface area (Å²) in [4.78, 5) is 12.3. The largest absolute Gasteiger partial charge is 0.489 e. The highest BCUT2D eigenvalue weighted by atomic mass is 16.5. The van der Waals surface area contributed by atoms with Crippen LogP contribution in [0.4, 0.5) is 4.79 Å². The van der Waals surface area contributed by atoms with Gasteiger partial charge >= 0.3 is 7.05 Å². The van der Waals surface area contributed by atoms with Crippen LogP contribution in [0, 0.1) is 0 Å². The first-order chi connectivity index (χ1) is 20.4. The quantitative estimate of drug-likeness (QED) is 0.140. The van der Waals surface area contributed by atoms with E-state index in [1.165, 1.54) is 7.85 Å². The third-order valence-corrected chi connectivity index (χ3v) is 6.76. The zero-order valence-electron chi connectivity index (χ0n) is 24.4. The molecule has 0 heterocycles. The van der Waals surface area contributed by atoms with Gasteiger partial charge in [-0.2, -0.15) is 0 Å². The van der Waals surface area contributed by atoms with Gasteiger partial charge in [0.1, 0.15) is 12.4 Å². The second-order valence-corrected chi connectivity index (χ2v) is 10.4. The highest BCUT2D eigenvalue weighted by Crippen LogP contribution is 2.18. The monoisotopic (exact) mass is 563 g/mol. The first-order valence-electron chi connectivity index (χ1n) is 14.4. The fraction of sp³-hybridized carbons (Fsp3) is 0.242. The van der Waals surface area contributed by atoms with E-state index in [9.17, 15) is 9.82 Å². The van der Waals surface area contributed by atoms with Crippen LogP contribution >= 0.6 is 0 Å². The standard InChI is InChI=1S/C33H39B2N3O4/c1-35(40)37-38(22-27-17-19-30(20-18-27)41-24-28-13-7-3-8-14-28)23-32(42-25-29-15-9-4-10-16-29)31(36-33(34)39)21-26-11-5-2-6-12-26/h2-20,31-32,37,40H,21-25,34H2,1H3,(H,36,39)/t31-,32-/m1/s1. The molecule has 4 aromatic carbocycles. The Bertz CT molecular complexity index is 1330. The number of hydrogen-bond donors (Lipinski definition) is 3. The van der Waals surface area contributed by atoms with Crippen LogP contribution in [-0.4, -0.2) is 49.4 Å². The van der Waals surface area contributed by atoms with Crippen molar-refractivity contribution in [2.75, 3.05) is 6.54 Å². The highest BCUT2D eigenvalue weighted by Gasteiger charge is 2.27. The van der Waals surface area contributed by atoms with E-state index in [-0.39, 0.29) is 18.0 Å². The maximum absolute atomic E-state index is 12.3. The molecule has 9 heteroatoms. The van der Waals surface area contributed by atoms with Crippen LogP contribution in [-0.2, 0) is 30.9 Å². The number of nitrogens with zero attached hydrogens (tertiary/aromatic N) is 1. The van der Waals surface area contributed by atoms with Gasteiger partial charge in [0.05, 0.1) is 18.8 Å². The van der Waals surface area contributed by atoms with E-state index in [1.807, 2.05) is 108 Å². The Morgan fingerprint density at radius 1 is 0.810 bits per heavy atom. The molecule has 3 N–H and O–H groups in total. The lowest BCUT2D eigenvalue weighted by Gasteiger charge is -2.34. The van der Waals surface area contributed by atoms with E-state index in [4.69, 9.17) is 9.47 Å². The molecule has 0 aliphatic heterocycles. The molecule has 0 aliphatic rings. The topological polar surface area (TPSA) is 83.1 Å². The van der Waals surface area contributed by atoms with Crippen LogP contribution in [0.15, 0.2) is 115 Å². The lowest BCUT2D eigenvalue weighted by molar-refractivity contribution is -0.0126. The molecule has 7 nitrogen and oxygen atoms in total. The number of ether oxygens (including phenoxy) is 2. The van der Waals surface area contributed by atoms with Crippen LogP contribution in [0.3, 0.4) is 0 Å². The summed E-state index contributed by atoms with van der Waals surface area (Å²) in [6.45, 7) is 3.51. The Hall–Kier alpha value is -3.88. The summed E-state index contributed by atoms with van der Waals surface area (Å²) in [6, 6.07) is 37.8. The van der Waals surface area contributed by atoms with Gasteiger partial charge in [-0.25, -0.2) is 5.01 Å². The van der Waals surface area contributed by atoms with Gasteiger partial charge in [0.2, 0.25) is 7.85 Å². The second kappa shape index (κ2) is 16.5. The van der Waals surface area contributed by atoms with E-state index in [0.29, 0.717) is 32.7 Å². The molecule has 0 aliphatic carbocycles. The van der Waals surface area contributed by atoms with E-state index in [0.717, 1.165) is 28.0 Å². The van der Waals surface area contributed by atoms with E-state index in [2.05, 4.69) is 22.8 Å². The van der Waals surface area contributed by atoms with Gasteiger partial charge < -0.3 is 19.8 Å². The minimum atomic E-state index is -0.776.